The van der Waals surface area contributed by atoms with Crippen molar-refractivity contribution in [3.63, 3.8) is 0 Å². The van der Waals surface area contributed by atoms with Crippen LogP contribution in [0, 0.1) is 0 Å². The van der Waals surface area contributed by atoms with Gasteiger partial charge in [-0.3, -0.25) is 4.79 Å². The monoisotopic (exact) mass is 234 g/mol. The number of benzene rings is 1. The lowest BCUT2D eigenvalue weighted by atomic mass is 10.2. The lowest BCUT2D eigenvalue weighted by molar-refractivity contribution is 0.0953. The summed E-state index contributed by atoms with van der Waals surface area (Å²) in [6, 6.07) is 7.65. The molecule has 0 spiro atoms. The molecular weight excluding hydrogens is 212 g/mol. The number of nitrogens with one attached hydrogen (secondary N) is 1. The van der Waals surface area contributed by atoms with Gasteiger partial charge in [-0.2, -0.15) is 0 Å². The number of anilines is 1. The van der Waals surface area contributed by atoms with Crippen molar-refractivity contribution in [2.24, 2.45) is 0 Å². The minimum absolute atomic E-state index is 0.0198. The minimum Gasteiger partial charge on any atom is -0.378 e. The summed E-state index contributed by atoms with van der Waals surface area (Å²) < 4.78 is 0. The Labute approximate surface area is 104 Å². The van der Waals surface area contributed by atoms with Gasteiger partial charge in [0.05, 0.1) is 0 Å². The van der Waals surface area contributed by atoms with E-state index < -0.39 is 0 Å². The first-order valence-electron chi connectivity index (χ1n) is 6.20. The Hall–Kier alpha value is -1.51. The highest BCUT2D eigenvalue weighted by Gasteiger charge is 2.04. The van der Waals surface area contributed by atoms with Crippen LogP contribution < -0.4 is 10.2 Å². The van der Waals surface area contributed by atoms with Gasteiger partial charge in [0.15, 0.2) is 0 Å². The fourth-order valence-electron chi connectivity index (χ4n) is 1.59. The maximum atomic E-state index is 11.8. The second kappa shape index (κ2) is 6.94. The van der Waals surface area contributed by atoms with E-state index in [1.54, 1.807) is 0 Å². The first-order chi connectivity index (χ1) is 8.15. The Morgan fingerprint density at radius 3 is 2.35 bits per heavy atom. The second-order valence-corrected chi connectivity index (χ2v) is 4.40. The molecule has 0 saturated carbocycles. The van der Waals surface area contributed by atoms with E-state index in [2.05, 4.69) is 12.2 Å². The number of carbonyl (C=O) groups excluding carboxylic acids is 1. The topological polar surface area (TPSA) is 32.3 Å². The summed E-state index contributed by atoms with van der Waals surface area (Å²) in [5.41, 5.74) is 1.83. The van der Waals surface area contributed by atoms with Gasteiger partial charge in [-0.05, 0) is 30.7 Å². The van der Waals surface area contributed by atoms with E-state index in [9.17, 15) is 4.79 Å². The molecule has 1 rings (SSSR count). The molecule has 0 saturated heterocycles. The van der Waals surface area contributed by atoms with Crippen molar-refractivity contribution in [1.82, 2.24) is 5.32 Å². The van der Waals surface area contributed by atoms with Crippen LogP contribution in [0.1, 0.15) is 36.5 Å². The summed E-state index contributed by atoms with van der Waals surface area (Å²) in [5.74, 6) is 0.0198. The molecule has 0 radical (unpaired) electrons. The van der Waals surface area contributed by atoms with Crippen LogP contribution in [0.3, 0.4) is 0 Å². The van der Waals surface area contributed by atoms with Gasteiger partial charge in [0.1, 0.15) is 0 Å². The van der Waals surface area contributed by atoms with Crippen molar-refractivity contribution in [2.45, 2.75) is 26.2 Å². The zero-order valence-electron chi connectivity index (χ0n) is 11.0. The number of amides is 1. The number of hydrogen-bond acceptors (Lipinski definition) is 2. The van der Waals surface area contributed by atoms with Crippen molar-refractivity contribution >= 4 is 11.6 Å². The third-order valence-electron chi connectivity index (χ3n) is 2.71. The number of hydrogen-bond donors (Lipinski definition) is 1. The predicted molar refractivity (Wildman–Crippen MR) is 72.6 cm³/mol. The van der Waals surface area contributed by atoms with Crippen molar-refractivity contribution < 1.29 is 4.79 Å². The molecule has 1 amide bonds. The number of carbonyl (C=O) groups is 1. The molecule has 0 aliphatic rings. The largest absolute Gasteiger partial charge is 0.378 e. The molecule has 94 valence electrons. The summed E-state index contributed by atoms with van der Waals surface area (Å²) in [4.78, 5) is 13.8. The molecule has 0 fully saturated rings. The Kier molecular flexibility index (Phi) is 5.53. The van der Waals surface area contributed by atoms with Gasteiger partial charge in [-0.25, -0.2) is 0 Å². The summed E-state index contributed by atoms with van der Waals surface area (Å²) in [7, 11) is 3.97. The molecule has 0 heterocycles. The van der Waals surface area contributed by atoms with E-state index >= 15 is 0 Å². The van der Waals surface area contributed by atoms with Gasteiger partial charge in [-0.15, -0.1) is 0 Å². The Morgan fingerprint density at radius 2 is 1.82 bits per heavy atom. The quantitative estimate of drug-likeness (QED) is 0.767. The molecule has 0 atom stereocenters. The van der Waals surface area contributed by atoms with Crippen molar-refractivity contribution in [3.8, 4) is 0 Å². The van der Waals surface area contributed by atoms with Crippen molar-refractivity contribution in [2.75, 3.05) is 25.5 Å². The Bertz CT molecular complexity index is 344. The standard InChI is InChI=1S/C14H22N2O/c1-4-5-6-11-15-14(17)12-7-9-13(10-8-12)16(2)3/h7-10H,4-6,11H2,1-3H3,(H,15,17). The average molecular weight is 234 g/mol. The van der Waals surface area contributed by atoms with Gasteiger partial charge < -0.3 is 10.2 Å². The zero-order chi connectivity index (χ0) is 12.7. The summed E-state index contributed by atoms with van der Waals surface area (Å²) >= 11 is 0. The third-order valence-corrected chi connectivity index (χ3v) is 2.71. The highest BCUT2D eigenvalue weighted by molar-refractivity contribution is 5.94. The zero-order valence-corrected chi connectivity index (χ0v) is 11.0. The third kappa shape index (κ3) is 4.47. The molecule has 1 aromatic rings. The van der Waals surface area contributed by atoms with Crippen LogP contribution in [0.2, 0.25) is 0 Å². The van der Waals surface area contributed by atoms with E-state index in [-0.39, 0.29) is 5.91 Å². The van der Waals surface area contributed by atoms with Gasteiger partial charge >= 0.3 is 0 Å². The fourth-order valence-corrected chi connectivity index (χ4v) is 1.59. The molecular formula is C14H22N2O. The minimum atomic E-state index is 0.0198. The van der Waals surface area contributed by atoms with E-state index in [1.165, 1.54) is 12.8 Å². The maximum Gasteiger partial charge on any atom is 0.251 e. The van der Waals surface area contributed by atoms with Gasteiger partial charge in [0.2, 0.25) is 0 Å². The van der Waals surface area contributed by atoms with Crippen molar-refractivity contribution in [1.29, 1.82) is 0 Å². The first-order valence-corrected chi connectivity index (χ1v) is 6.20. The molecule has 0 aromatic heterocycles. The smallest absolute Gasteiger partial charge is 0.251 e. The van der Waals surface area contributed by atoms with E-state index in [4.69, 9.17) is 0 Å². The van der Waals surface area contributed by atoms with E-state index in [0.29, 0.717) is 0 Å². The van der Waals surface area contributed by atoms with Crippen LogP contribution in [0.5, 0.6) is 0 Å². The molecule has 1 N–H and O–H groups in total. The maximum absolute atomic E-state index is 11.8. The van der Waals surface area contributed by atoms with E-state index in [1.807, 2.05) is 43.3 Å². The molecule has 0 bridgehead atoms. The Balaban J connectivity index is 2.46. The molecule has 0 aliphatic heterocycles. The molecule has 0 unspecified atom stereocenters. The van der Waals surface area contributed by atoms with E-state index in [0.717, 1.165) is 24.2 Å². The first kappa shape index (κ1) is 13.6. The number of unbranched alkanes of at least 4 members (excludes halogenated alkanes) is 2. The van der Waals surface area contributed by atoms with Crippen LogP contribution in [0.25, 0.3) is 0 Å². The molecule has 3 nitrogen and oxygen atoms in total. The van der Waals surface area contributed by atoms with Crippen LogP contribution in [-0.2, 0) is 0 Å². The number of nitrogens with zero attached hydrogens (tertiary/aromatic N) is 1. The molecule has 17 heavy (non-hydrogen) atoms. The lowest BCUT2D eigenvalue weighted by Crippen LogP contribution is -2.24. The highest BCUT2D eigenvalue weighted by Crippen LogP contribution is 2.12. The van der Waals surface area contributed by atoms with Crippen LogP contribution >= 0.6 is 0 Å². The average Bonchev–Trinajstić information content (AvgIpc) is 2.34. The van der Waals surface area contributed by atoms with Gasteiger partial charge in [-0.1, -0.05) is 19.8 Å². The van der Waals surface area contributed by atoms with Gasteiger partial charge in [0, 0.05) is 31.9 Å². The van der Waals surface area contributed by atoms with Gasteiger partial charge in [0.25, 0.3) is 5.91 Å². The fraction of sp³-hybridized carbons (Fsp3) is 0.500. The normalized spacial score (nSPS) is 10.1. The lowest BCUT2D eigenvalue weighted by Gasteiger charge is -2.12. The van der Waals surface area contributed by atoms with Crippen LogP contribution in [-0.4, -0.2) is 26.5 Å². The molecule has 0 aliphatic carbocycles. The SMILES string of the molecule is CCCCCNC(=O)c1ccc(N(C)C)cc1. The molecule has 1 aromatic carbocycles. The van der Waals surface area contributed by atoms with Crippen LogP contribution in [0.15, 0.2) is 24.3 Å². The summed E-state index contributed by atoms with van der Waals surface area (Å²) in [5, 5.41) is 2.93. The second-order valence-electron chi connectivity index (χ2n) is 4.40. The highest BCUT2D eigenvalue weighted by atomic mass is 16.1. The van der Waals surface area contributed by atoms with Crippen molar-refractivity contribution in [3.05, 3.63) is 29.8 Å². The molecule has 3 heteroatoms. The summed E-state index contributed by atoms with van der Waals surface area (Å²) in [6.07, 6.45) is 3.39. The predicted octanol–water partition coefficient (Wildman–Crippen LogP) is 2.67. The van der Waals surface area contributed by atoms with Crippen LogP contribution in [0.4, 0.5) is 5.69 Å². The number of rotatable bonds is 6. The Morgan fingerprint density at radius 1 is 1.18 bits per heavy atom. The summed E-state index contributed by atoms with van der Waals surface area (Å²) in [6.45, 7) is 2.92.